The van der Waals surface area contributed by atoms with Gasteiger partial charge in [-0.1, -0.05) is 36.4 Å². The summed E-state index contributed by atoms with van der Waals surface area (Å²) in [5.74, 6) is -1.98. The molecule has 1 aliphatic rings. The Morgan fingerprint density at radius 2 is 1.68 bits per heavy atom. The zero-order chi connectivity index (χ0) is 18.2. The number of hydrogen-bond acceptors (Lipinski definition) is 3. The third-order valence-corrected chi connectivity index (χ3v) is 4.31. The van der Waals surface area contributed by atoms with Crippen LogP contribution in [0, 0.1) is 11.6 Å². The van der Waals surface area contributed by atoms with E-state index in [4.69, 9.17) is 0 Å². The summed E-state index contributed by atoms with van der Waals surface area (Å²) in [5.41, 5.74) is -1.59. The van der Waals surface area contributed by atoms with E-state index < -0.39 is 41.8 Å². The number of aliphatic hydroxyl groups excluding tert-OH is 1. The van der Waals surface area contributed by atoms with Gasteiger partial charge in [-0.3, -0.25) is 9.69 Å². The molecule has 1 fully saturated rings. The van der Waals surface area contributed by atoms with Crippen molar-refractivity contribution in [2.24, 2.45) is 0 Å². The maximum atomic E-state index is 14.1. The van der Waals surface area contributed by atoms with Gasteiger partial charge in [0.1, 0.15) is 17.2 Å². The lowest BCUT2D eigenvalue weighted by atomic mass is 9.91. The molecule has 0 aliphatic carbocycles. The Morgan fingerprint density at radius 1 is 1.08 bits per heavy atom. The highest BCUT2D eigenvalue weighted by Gasteiger charge is 2.50. The fourth-order valence-electron chi connectivity index (χ4n) is 2.93. The van der Waals surface area contributed by atoms with E-state index >= 15 is 0 Å². The van der Waals surface area contributed by atoms with Gasteiger partial charge in [0, 0.05) is 11.1 Å². The van der Waals surface area contributed by atoms with E-state index in [2.05, 4.69) is 5.32 Å². The summed E-state index contributed by atoms with van der Waals surface area (Å²) in [5, 5.41) is 12.7. The summed E-state index contributed by atoms with van der Waals surface area (Å²) in [7, 11) is 0. The van der Waals surface area contributed by atoms with Gasteiger partial charge >= 0.3 is 6.03 Å². The Labute approximate surface area is 142 Å². The van der Waals surface area contributed by atoms with E-state index in [0.717, 1.165) is 4.90 Å². The summed E-state index contributed by atoms with van der Waals surface area (Å²) in [6, 6.07) is 10.4. The molecule has 5 nitrogen and oxygen atoms in total. The third-order valence-electron chi connectivity index (χ3n) is 4.31. The largest absolute Gasteiger partial charge is 0.386 e. The Morgan fingerprint density at radius 3 is 2.32 bits per heavy atom. The molecule has 1 saturated heterocycles. The van der Waals surface area contributed by atoms with Gasteiger partial charge < -0.3 is 10.4 Å². The van der Waals surface area contributed by atoms with Gasteiger partial charge in [-0.2, -0.15) is 0 Å². The first-order valence-corrected chi connectivity index (χ1v) is 7.66. The molecule has 1 aliphatic heterocycles. The number of nitrogens with one attached hydrogen (secondary N) is 1. The first-order valence-electron chi connectivity index (χ1n) is 7.66. The smallest absolute Gasteiger partial charge is 0.325 e. The molecule has 3 rings (SSSR count). The second-order valence-corrected chi connectivity index (χ2v) is 5.99. The molecule has 0 radical (unpaired) electrons. The lowest BCUT2D eigenvalue weighted by Gasteiger charge is -2.23. The van der Waals surface area contributed by atoms with Crippen molar-refractivity contribution >= 4 is 11.9 Å². The number of hydrogen-bond donors (Lipinski definition) is 2. The van der Waals surface area contributed by atoms with Gasteiger partial charge in [-0.25, -0.2) is 13.6 Å². The minimum atomic E-state index is -1.59. The van der Waals surface area contributed by atoms with Crippen LogP contribution < -0.4 is 5.32 Å². The summed E-state index contributed by atoms with van der Waals surface area (Å²) in [6.07, 6.45) is -1.39. The number of nitrogens with zero attached hydrogens (tertiary/aromatic N) is 1. The standard InChI is InChI=1S/C18H16F2N2O3/c1-18(12-7-3-5-9-14(12)20)16(24)22(17(25)21-18)10-15(23)11-6-2-4-8-13(11)19/h2-9,15,23H,10H2,1H3,(H,21,25)/t15-,18+/m1/s1. The zero-order valence-electron chi connectivity index (χ0n) is 13.4. The molecule has 2 aromatic rings. The number of halogens is 2. The maximum Gasteiger partial charge on any atom is 0.325 e. The average Bonchev–Trinajstić information content (AvgIpc) is 2.79. The van der Waals surface area contributed by atoms with Crippen molar-refractivity contribution in [2.45, 2.75) is 18.6 Å². The van der Waals surface area contributed by atoms with Crippen LogP contribution in [0.5, 0.6) is 0 Å². The Bertz CT molecular complexity index is 843. The Kier molecular flexibility index (Phi) is 4.26. The van der Waals surface area contributed by atoms with E-state index in [-0.39, 0.29) is 11.1 Å². The molecule has 0 unspecified atom stereocenters. The van der Waals surface area contributed by atoms with Crippen LogP contribution in [0.2, 0.25) is 0 Å². The summed E-state index contributed by atoms with van der Waals surface area (Å²) in [4.78, 5) is 25.7. The Hall–Kier alpha value is -2.80. The second kappa shape index (κ2) is 6.25. The van der Waals surface area contributed by atoms with Crippen LogP contribution in [0.25, 0.3) is 0 Å². The molecule has 0 spiro atoms. The lowest BCUT2D eigenvalue weighted by molar-refractivity contribution is -0.132. The van der Waals surface area contributed by atoms with Gasteiger partial charge in [-0.05, 0) is 19.1 Å². The molecular formula is C18H16F2N2O3. The molecule has 0 saturated carbocycles. The first-order chi connectivity index (χ1) is 11.8. The molecule has 3 amide bonds. The zero-order valence-corrected chi connectivity index (χ0v) is 13.4. The van der Waals surface area contributed by atoms with Gasteiger partial charge in [-0.15, -0.1) is 0 Å². The fourth-order valence-corrected chi connectivity index (χ4v) is 2.93. The van der Waals surface area contributed by atoms with E-state index in [0.29, 0.717) is 0 Å². The van der Waals surface area contributed by atoms with E-state index in [1.807, 2.05) is 0 Å². The van der Waals surface area contributed by atoms with Crippen LogP contribution in [-0.2, 0) is 10.3 Å². The highest BCUT2D eigenvalue weighted by atomic mass is 19.1. The molecule has 25 heavy (non-hydrogen) atoms. The highest BCUT2D eigenvalue weighted by Crippen LogP contribution is 2.31. The summed E-state index contributed by atoms with van der Waals surface area (Å²) in [6.45, 7) is 0.955. The topological polar surface area (TPSA) is 69.6 Å². The van der Waals surface area contributed by atoms with Gasteiger partial charge in [0.2, 0.25) is 0 Å². The van der Waals surface area contributed by atoms with Crippen molar-refractivity contribution in [1.82, 2.24) is 10.2 Å². The van der Waals surface area contributed by atoms with Gasteiger partial charge in [0.15, 0.2) is 0 Å². The summed E-state index contributed by atoms with van der Waals surface area (Å²) >= 11 is 0. The molecule has 7 heteroatoms. The monoisotopic (exact) mass is 346 g/mol. The number of amides is 3. The SMILES string of the molecule is C[C@@]1(c2ccccc2F)NC(=O)N(C[C@@H](O)c2ccccc2F)C1=O. The number of imide groups is 1. The second-order valence-electron chi connectivity index (χ2n) is 5.99. The van der Waals surface area contributed by atoms with Crippen LogP contribution in [0.1, 0.15) is 24.2 Å². The minimum absolute atomic E-state index is 0.0243. The normalized spacial score (nSPS) is 21.4. The number of rotatable bonds is 4. The number of carbonyl (C=O) groups excluding carboxylic acids is 2. The van der Waals surface area contributed by atoms with E-state index in [1.165, 1.54) is 49.4 Å². The number of benzene rings is 2. The van der Waals surface area contributed by atoms with Crippen molar-refractivity contribution in [1.29, 1.82) is 0 Å². The number of urea groups is 1. The average molecular weight is 346 g/mol. The van der Waals surface area contributed by atoms with Gasteiger partial charge in [0.25, 0.3) is 5.91 Å². The van der Waals surface area contributed by atoms with E-state index in [9.17, 15) is 23.5 Å². The van der Waals surface area contributed by atoms with Gasteiger partial charge in [0.05, 0.1) is 12.6 Å². The first kappa shape index (κ1) is 17.0. The number of aliphatic hydroxyl groups is 1. The number of β-amino-alcohol motifs (C(OH)–C–C–N with tert-alkyl or cyclic N) is 1. The lowest BCUT2D eigenvalue weighted by Crippen LogP contribution is -2.42. The van der Waals surface area contributed by atoms with Crippen LogP contribution in [0.4, 0.5) is 13.6 Å². The van der Waals surface area contributed by atoms with Crippen molar-refractivity contribution < 1.29 is 23.5 Å². The van der Waals surface area contributed by atoms with E-state index in [1.54, 1.807) is 6.07 Å². The van der Waals surface area contributed by atoms with Crippen LogP contribution in [-0.4, -0.2) is 28.5 Å². The maximum absolute atomic E-state index is 14.1. The number of carbonyl (C=O) groups is 2. The molecule has 2 N–H and O–H groups in total. The molecule has 0 aromatic heterocycles. The predicted molar refractivity (Wildman–Crippen MR) is 85.4 cm³/mol. The quantitative estimate of drug-likeness (QED) is 0.836. The summed E-state index contributed by atoms with van der Waals surface area (Å²) < 4.78 is 27.8. The highest BCUT2D eigenvalue weighted by molar-refractivity contribution is 6.07. The predicted octanol–water partition coefficient (Wildman–Crippen LogP) is 2.47. The Balaban J connectivity index is 1.87. The molecular weight excluding hydrogens is 330 g/mol. The van der Waals surface area contributed by atoms with Crippen LogP contribution in [0.3, 0.4) is 0 Å². The molecule has 2 atom stereocenters. The molecule has 1 heterocycles. The fraction of sp³-hybridized carbons (Fsp3) is 0.222. The van der Waals surface area contributed by atoms with Crippen molar-refractivity contribution in [2.75, 3.05) is 6.54 Å². The van der Waals surface area contributed by atoms with Crippen molar-refractivity contribution in [3.8, 4) is 0 Å². The van der Waals surface area contributed by atoms with Crippen molar-refractivity contribution in [3.63, 3.8) is 0 Å². The molecule has 0 bridgehead atoms. The molecule has 2 aromatic carbocycles. The van der Waals surface area contributed by atoms with Crippen LogP contribution >= 0.6 is 0 Å². The minimum Gasteiger partial charge on any atom is -0.386 e. The van der Waals surface area contributed by atoms with Crippen LogP contribution in [0.15, 0.2) is 48.5 Å². The van der Waals surface area contributed by atoms with Crippen molar-refractivity contribution in [3.05, 3.63) is 71.3 Å². The third kappa shape index (κ3) is 2.87. The molecule has 130 valence electrons.